The second-order valence-corrected chi connectivity index (χ2v) is 15.0. The standard InChI is InChI=1S/C34H43N7O4S/c1-23(2)46(43,44)30-8-6-5-7-27(30)37-33-32-28(11-14-35-32)36-31(38-33)22-24-9-10-25(21-29(24)45-4)34(42)41-15-12-26(13-16-41)40-19-17-39(3)18-20-40/h5-11,14,21,23,26,35H,12-13,15-20,22H2,1-4H3,(H,36,37,38). The third-order valence-corrected chi connectivity index (χ3v) is 11.4. The molecular weight excluding hydrogens is 602 g/mol. The zero-order chi connectivity index (χ0) is 32.4. The van der Waals surface area contributed by atoms with E-state index in [9.17, 15) is 13.2 Å². The number of carbonyl (C=O) groups is 1. The average Bonchev–Trinajstić information content (AvgIpc) is 3.54. The molecule has 0 saturated carbocycles. The number of carbonyl (C=O) groups excluding carboxylic acids is 1. The fraction of sp³-hybridized carbons (Fsp3) is 0.441. The van der Waals surface area contributed by atoms with Gasteiger partial charge in [-0.3, -0.25) is 9.69 Å². The quantitative estimate of drug-likeness (QED) is 0.274. The summed E-state index contributed by atoms with van der Waals surface area (Å²) in [5.74, 6) is 1.62. The molecule has 0 atom stereocenters. The highest BCUT2D eigenvalue weighted by Crippen LogP contribution is 2.31. The Hall–Kier alpha value is -4.00. The van der Waals surface area contributed by atoms with Gasteiger partial charge in [-0.05, 0) is 64.1 Å². The molecule has 0 radical (unpaired) electrons. The van der Waals surface area contributed by atoms with Crippen LogP contribution >= 0.6 is 0 Å². The summed E-state index contributed by atoms with van der Waals surface area (Å²) in [6.45, 7) is 9.24. The van der Waals surface area contributed by atoms with Crippen molar-refractivity contribution in [2.45, 2.75) is 49.3 Å². The van der Waals surface area contributed by atoms with Gasteiger partial charge in [0.2, 0.25) is 0 Å². The number of likely N-dealkylation sites (N-methyl/N-ethyl adjacent to an activating group) is 1. The lowest BCUT2D eigenvalue weighted by Gasteiger charge is -2.42. The zero-order valence-electron chi connectivity index (χ0n) is 27.0. The molecule has 0 aliphatic carbocycles. The number of para-hydroxylation sites is 1. The number of rotatable bonds is 9. The summed E-state index contributed by atoms with van der Waals surface area (Å²) in [5, 5.41) is 2.68. The van der Waals surface area contributed by atoms with Crippen molar-refractivity contribution < 1.29 is 17.9 Å². The minimum atomic E-state index is -3.53. The highest BCUT2D eigenvalue weighted by molar-refractivity contribution is 7.92. The highest BCUT2D eigenvalue weighted by atomic mass is 32.2. The number of ether oxygens (including phenoxy) is 1. The number of anilines is 2. The number of aromatic amines is 1. The number of piperidine rings is 1. The molecule has 46 heavy (non-hydrogen) atoms. The van der Waals surface area contributed by atoms with Crippen LogP contribution in [0.3, 0.4) is 0 Å². The van der Waals surface area contributed by atoms with Crippen LogP contribution in [0.4, 0.5) is 11.5 Å². The summed E-state index contributed by atoms with van der Waals surface area (Å²) in [7, 11) is 0.241. The van der Waals surface area contributed by atoms with Gasteiger partial charge in [-0.15, -0.1) is 0 Å². The Morgan fingerprint density at radius 3 is 2.48 bits per heavy atom. The summed E-state index contributed by atoms with van der Waals surface area (Å²) in [4.78, 5) is 33.4. The van der Waals surface area contributed by atoms with Crippen LogP contribution in [0.2, 0.25) is 0 Å². The molecule has 2 aliphatic rings. The van der Waals surface area contributed by atoms with Crippen LogP contribution < -0.4 is 10.1 Å². The van der Waals surface area contributed by atoms with Crippen molar-refractivity contribution in [3.8, 4) is 5.75 Å². The molecule has 12 heteroatoms. The Kier molecular flexibility index (Phi) is 9.30. The first-order chi connectivity index (χ1) is 22.1. The van der Waals surface area contributed by atoms with Crippen molar-refractivity contribution in [1.29, 1.82) is 0 Å². The van der Waals surface area contributed by atoms with Gasteiger partial charge in [0.15, 0.2) is 15.7 Å². The van der Waals surface area contributed by atoms with Crippen molar-refractivity contribution in [3.05, 3.63) is 71.7 Å². The Morgan fingerprint density at radius 1 is 1.02 bits per heavy atom. The van der Waals surface area contributed by atoms with E-state index < -0.39 is 15.1 Å². The summed E-state index contributed by atoms with van der Waals surface area (Å²) in [6, 6.07) is 14.8. The smallest absolute Gasteiger partial charge is 0.253 e. The van der Waals surface area contributed by atoms with Gasteiger partial charge in [0, 0.05) is 69.1 Å². The van der Waals surface area contributed by atoms with Crippen LogP contribution in [0.25, 0.3) is 11.0 Å². The second-order valence-electron chi connectivity index (χ2n) is 12.5. The molecular formula is C34H43N7O4S. The molecule has 4 aromatic rings. The SMILES string of the molecule is COc1cc(C(=O)N2CCC(N3CCN(C)CC3)CC2)ccc1Cc1nc(Nc2ccccc2S(=O)(=O)C(C)C)c2[nH]ccc2n1. The first-order valence-corrected chi connectivity index (χ1v) is 17.5. The maximum Gasteiger partial charge on any atom is 0.253 e. The van der Waals surface area contributed by atoms with Crippen LogP contribution in [0.5, 0.6) is 5.75 Å². The predicted octanol–water partition coefficient (Wildman–Crippen LogP) is 4.34. The van der Waals surface area contributed by atoms with Gasteiger partial charge >= 0.3 is 0 Å². The van der Waals surface area contributed by atoms with E-state index in [4.69, 9.17) is 14.7 Å². The largest absolute Gasteiger partial charge is 0.496 e. The van der Waals surface area contributed by atoms with Crippen molar-refractivity contribution in [2.75, 3.05) is 58.7 Å². The van der Waals surface area contributed by atoms with Crippen molar-refractivity contribution in [3.63, 3.8) is 0 Å². The second kappa shape index (κ2) is 13.4. The molecule has 0 unspecified atom stereocenters. The van der Waals surface area contributed by atoms with Gasteiger partial charge in [0.1, 0.15) is 17.1 Å². The monoisotopic (exact) mass is 645 g/mol. The van der Waals surface area contributed by atoms with Gasteiger partial charge in [0.25, 0.3) is 5.91 Å². The average molecular weight is 646 g/mol. The first-order valence-electron chi connectivity index (χ1n) is 16.0. The van der Waals surface area contributed by atoms with Crippen LogP contribution in [0, 0.1) is 0 Å². The molecule has 6 rings (SSSR count). The van der Waals surface area contributed by atoms with Gasteiger partial charge in [-0.25, -0.2) is 18.4 Å². The number of fused-ring (bicyclic) bond motifs is 1. The minimum Gasteiger partial charge on any atom is -0.496 e. The first kappa shape index (κ1) is 32.0. The Morgan fingerprint density at radius 2 is 1.76 bits per heavy atom. The summed E-state index contributed by atoms with van der Waals surface area (Å²) in [6.07, 6.45) is 4.12. The summed E-state index contributed by atoms with van der Waals surface area (Å²) >= 11 is 0. The van der Waals surface area contributed by atoms with E-state index in [1.54, 1.807) is 51.4 Å². The van der Waals surface area contributed by atoms with Crippen LogP contribution in [-0.4, -0.2) is 109 Å². The minimum absolute atomic E-state index is 0.0215. The topological polar surface area (TPSA) is 124 Å². The molecule has 2 N–H and O–H groups in total. The number of hydrogen-bond donors (Lipinski definition) is 2. The maximum atomic E-state index is 13.5. The molecule has 11 nitrogen and oxygen atoms in total. The molecule has 2 aromatic carbocycles. The van der Waals surface area contributed by atoms with Crippen LogP contribution in [-0.2, 0) is 16.3 Å². The van der Waals surface area contributed by atoms with Gasteiger partial charge < -0.3 is 24.8 Å². The van der Waals surface area contributed by atoms with E-state index in [1.165, 1.54) is 0 Å². The molecule has 2 fully saturated rings. The van der Waals surface area contributed by atoms with E-state index >= 15 is 0 Å². The Labute approximate surface area is 270 Å². The number of sulfone groups is 1. The molecule has 0 bridgehead atoms. The third kappa shape index (κ3) is 6.60. The normalized spacial score (nSPS) is 17.1. The van der Waals surface area contributed by atoms with E-state index in [2.05, 4.69) is 27.1 Å². The molecule has 4 heterocycles. The Balaban J connectivity index is 1.19. The number of benzene rings is 2. The number of nitrogens with one attached hydrogen (secondary N) is 2. The fourth-order valence-corrected chi connectivity index (χ4v) is 7.56. The number of nitrogens with zero attached hydrogens (tertiary/aromatic N) is 5. The van der Waals surface area contributed by atoms with Crippen molar-refractivity contribution >= 4 is 38.3 Å². The third-order valence-electron chi connectivity index (χ3n) is 9.21. The lowest BCUT2D eigenvalue weighted by atomic mass is 10.0. The number of piperazine rings is 1. The van der Waals surface area contributed by atoms with E-state index in [0.29, 0.717) is 52.1 Å². The van der Waals surface area contributed by atoms with Gasteiger partial charge in [0.05, 0.1) is 28.5 Å². The number of likely N-dealkylation sites (tertiary alicyclic amines) is 1. The van der Waals surface area contributed by atoms with Crippen LogP contribution in [0.15, 0.2) is 59.6 Å². The number of H-pyrrole nitrogens is 1. The summed E-state index contributed by atoms with van der Waals surface area (Å²) < 4.78 is 31.9. The van der Waals surface area contributed by atoms with E-state index in [0.717, 1.165) is 57.7 Å². The maximum absolute atomic E-state index is 13.5. The number of hydrogen-bond acceptors (Lipinski definition) is 9. The number of aromatic nitrogens is 3. The molecule has 2 aromatic heterocycles. The molecule has 244 valence electrons. The van der Waals surface area contributed by atoms with Gasteiger partial charge in [-0.1, -0.05) is 18.2 Å². The predicted molar refractivity (Wildman–Crippen MR) is 180 cm³/mol. The van der Waals surface area contributed by atoms with E-state index in [-0.39, 0.29) is 10.8 Å². The van der Waals surface area contributed by atoms with Crippen molar-refractivity contribution in [1.82, 2.24) is 29.7 Å². The van der Waals surface area contributed by atoms with Crippen LogP contribution in [0.1, 0.15) is 48.4 Å². The molecule has 2 aliphatic heterocycles. The zero-order valence-corrected chi connectivity index (χ0v) is 27.8. The van der Waals surface area contributed by atoms with Gasteiger partial charge in [-0.2, -0.15) is 0 Å². The molecule has 1 amide bonds. The van der Waals surface area contributed by atoms with E-state index in [1.807, 2.05) is 29.2 Å². The highest BCUT2D eigenvalue weighted by Gasteiger charge is 2.29. The Bertz CT molecular complexity index is 1810. The lowest BCUT2D eigenvalue weighted by molar-refractivity contribution is 0.0518. The number of amides is 1. The van der Waals surface area contributed by atoms with Crippen molar-refractivity contribution in [2.24, 2.45) is 0 Å². The lowest BCUT2D eigenvalue weighted by Crippen LogP contribution is -2.52. The molecule has 2 saturated heterocycles. The number of methoxy groups -OCH3 is 1. The summed E-state index contributed by atoms with van der Waals surface area (Å²) in [5.41, 5.74) is 3.26. The molecule has 0 spiro atoms. The fourth-order valence-electron chi connectivity index (χ4n) is 6.36.